The summed E-state index contributed by atoms with van der Waals surface area (Å²) in [6, 6.07) is 2.52. The van der Waals surface area contributed by atoms with Gasteiger partial charge in [-0.25, -0.2) is 0 Å². The van der Waals surface area contributed by atoms with Crippen molar-refractivity contribution in [3.05, 3.63) is 35.4 Å². The van der Waals surface area contributed by atoms with Crippen LogP contribution in [-0.2, 0) is 28.9 Å². The zero-order valence-electron chi connectivity index (χ0n) is 14.1. The summed E-state index contributed by atoms with van der Waals surface area (Å²) in [5.41, 5.74) is -1.81. The zero-order valence-corrected chi connectivity index (χ0v) is 14.1. The second kappa shape index (κ2) is 6.87. The molecule has 4 nitrogen and oxygen atoms in total. The minimum Gasteiger partial charge on any atom is -0.460 e. The van der Waals surface area contributed by atoms with E-state index in [1.807, 2.05) is 0 Å². The highest BCUT2D eigenvalue weighted by Crippen LogP contribution is 2.60. The summed E-state index contributed by atoms with van der Waals surface area (Å²) in [5.74, 6) is -0.874. The van der Waals surface area contributed by atoms with Gasteiger partial charge in [-0.2, -0.15) is 22.8 Å². The van der Waals surface area contributed by atoms with Crippen molar-refractivity contribution < 1.29 is 27.1 Å². The van der Waals surface area contributed by atoms with E-state index in [1.54, 1.807) is 13.8 Å². The fraction of sp³-hybridized carbons (Fsp3) is 0.444. The maximum absolute atomic E-state index is 13.2. The van der Waals surface area contributed by atoms with Crippen LogP contribution in [0.15, 0.2) is 24.2 Å². The van der Waals surface area contributed by atoms with Gasteiger partial charge < -0.3 is 9.30 Å². The molecule has 0 aromatic carbocycles. The topological polar surface area (TPSA) is 55.0 Å². The van der Waals surface area contributed by atoms with Crippen LogP contribution in [0.3, 0.4) is 0 Å². The van der Waals surface area contributed by atoms with E-state index in [1.165, 1.54) is 18.3 Å². The van der Waals surface area contributed by atoms with Crippen LogP contribution in [0.2, 0.25) is 0 Å². The monoisotopic (exact) mass is 368 g/mol. The van der Waals surface area contributed by atoms with Crippen LogP contribution in [0.25, 0.3) is 0 Å². The molecule has 1 aromatic heterocycles. The summed E-state index contributed by atoms with van der Waals surface area (Å²) in [6.45, 7) is 2.54. The number of terminal acetylenes is 1. The summed E-state index contributed by atoms with van der Waals surface area (Å²) in [6.07, 6.45) is 2.63. The Bertz CT molecular complexity index is 822. The van der Waals surface area contributed by atoms with Crippen LogP contribution < -0.4 is 0 Å². The first-order valence-corrected chi connectivity index (χ1v) is 7.66. The molecule has 1 aromatic rings. The van der Waals surface area contributed by atoms with Gasteiger partial charge in [0, 0.05) is 17.7 Å². The van der Waals surface area contributed by atoms with Crippen LogP contribution in [0.1, 0.15) is 25.1 Å². The maximum atomic E-state index is 13.2. The van der Waals surface area contributed by atoms with Gasteiger partial charge in [0.15, 0.2) is 5.83 Å². The number of carbonyl (C=O) groups excluding carboxylic acids is 1. The average molecular weight is 368 g/mol. The number of allylic oxidation sites excluding steroid dienone is 2. The molecule has 1 aliphatic rings. The first kappa shape index (κ1) is 19.6. The standard InChI is InChI=1S/C18H16F4N2O2/c1-4-6-24-7-5-11(15(24)18(20,21)22)10-26-16(25)14-13(17(14,2)3)8-12(19)9-23/h1,5,7-8,13-14H,6,10H2,2-3H3/b12-8-/t13-,14-/m0/s1. The van der Waals surface area contributed by atoms with Crippen molar-refractivity contribution in [3.8, 4) is 18.4 Å². The average Bonchev–Trinajstić information content (AvgIpc) is 2.89. The Kier molecular flexibility index (Phi) is 5.18. The summed E-state index contributed by atoms with van der Waals surface area (Å²) in [7, 11) is 0. The number of esters is 1. The molecule has 0 N–H and O–H groups in total. The first-order valence-electron chi connectivity index (χ1n) is 7.66. The number of carbonyl (C=O) groups is 1. The third-order valence-corrected chi connectivity index (χ3v) is 4.54. The molecule has 2 atom stereocenters. The number of nitriles is 1. The Morgan fingerprint density at radius 2 is 2.15 bits per heavy atom. The third kappa shape index (κ3) is 3.75. The highest BCUT2D eigenvalue weighted by Gasteiger charge is 2.61. The van der Waals surface area contributed by atoms with E-state index in [2.05, 4.69) is 5.92 Å². The predicted octanol–water partition coefficient (Wildman–Crippen LogP) is 3.83. The normalized spacial score (nSPS) is 21.6. The molecule has 26 heavy (non-hydrogen) atoms. The Balaban J connectivity index is 2.12. The number of hydrogen-bond acceptors (Lipinski definition) is 3. The summed E-state index contributed by atoms with van der Waals surface area (Å²) in [5, 5.41) is 8.48. The number of halogens is 4. The molecule has 0 saturated heterocycles. The molecule has 8 heteroatoms. The van der Waals surface area contributed by atoms with E-state index in [-0.39, 0.29) is 12.1 Å². The Morgan fingerprint density at radius 1 is 1.50 bits per heavy atom. The molecule has 0 amide bonds. The van der Waals surface area contributed by atoms with Crippen LogP contribution in [0.4, 0.5) is 17.6 Å². The lowest BCUT2D eigenvalue weighted by atomic mass is 10.1. The minimum absolute atomic E-state index is 0.213. The largest absolute Gasteiger partial charge is 0.460 e. The smallest absolute Gasteiger partial charge is 0.431 e. The lowest BCUT2D eigenvalue weighted by Crippen LogP contribution is -2.17. The fourth-order valence-electron chi connectivity index (χ4n) is 3.08. The SMILES string of the molecule is C#CCn1ccc(COC(=O)[C@@H]2[C@H](/C=C(\F)C#N)C2(C)C)c1C(F)(F)F. The number of aromatic nitrogens is 1. The zero-order chi connectivity index (χ0) is 19.7. The number of rotatable bonds is 5. The van der Waals surface area contributed by atoms with Gasteiger partial charge in [-0.3, -0.25) is 4.79 Å². The van der Waals surface area contributed by atoms with E-state index in [0.29, 0.717) is 0 Å². The van der Waals surface area contributed by atoms with E-state index in [9.17, 15) is 22.4 Å². The highest BCUT2D eigenvalue weighted by atomic mass is 19.4. The number of alkyl halides is 3. The molecule has 1 aliphatic carbocycles. The molecule has 2 rings (SSSR count). The van der Waals surface area contributed by atoms with Gasteiger partial charge in [0.05, 0.1) is 12.5 Å². The quantitative estimate of drug-likeness (QED) is 0.344. The molecule has 0 spiro atoms. The predicted molar refractivity (Wildman–Crippen MR) is 83.6 cm³/mol. The molecule has 0 aliphatic heterocycles. The molecule has 1 heterocycles. The Hall–Kier alpha value is -2.74. The fourth-order valence-corrected chi connectivity index (χ4v) is 3.08. The van der Waals surface area contributed by atoms with Crippen LogP contribution in [0.5, 0.6) is 0 Å². The first-order chi connectivity index (χ1) is 12.0. The molecular weight excluding hydrogens is 352 g/mol. The summed E-state index contributed by atoms with van der Waals surface area (Å²) < 4.78 is 58.7. The van der Waals surface area contributed by atoms with Crippen LogP contribution >= 0.6 is 0 Å². The number of nitrogens with zero attached hydrogens (tertiary/aromatic N) is 2. The highest BCUT2D eigenvalue weighted by molar-refractivity contribution is 5.78. The lowest BCUT2D eigenvalue weighted by Gasteiger charge is -2.13. The van der Waals surface area contributed by atoms with Crippen molar-refractivity contribution >= 4 is 5.97 Å². The maximum Gasteiger partial charge on any atom is 0.431 e. The van der Waals surface area contributed by atoms with Gasteiger partial charge in [-0.1, -0.05) is 19.8 Å². The number of ether oxygens (including phenoxy) is 1. The van der Waals surface area contributed by atoms with Crippen molar-refractivity contribution in [2.24, 2.45) is 17.3 Å². The summed E-state index contributed by atoms with van der Waals surface area (Å²) >= 11 is 0. The molecule has 138 valence electrons. The molecule has 1 fully saturated rings. The van der Waals surface area contributed by atoms with Crippen LogP contribution in [-0.4, -0.2) is 10.5 Å². The second-order valence-electron chi connectivity index (χ2n) is 6.58. The molecular formula is C18H16F4N2O2. The lowest BCUT2D eigenvalue weighted by molar-refractivity contribution is -0.151. The van der Waals surface area contributed by atoms with Crippen molar-refractivity contribution in [3.63, 3.8) is 0 Å². The van der Waals surface area contributed by atoms with Gasteiger partial charge in [0.1, 0.15) is 18.4 Å². The van der Waals surface area contributed by atoms with E-state index in [0.717, 1.165) is 10.6 Å². The Labute approximate surface area is 148 Å². The van der Waals surface area contributed by atoms with E-state index in [4.69, 9.17) is 16.4 Å². The Morgan fingerprint density at radius 3 is 2.69 bits per heavy atom. The minimum atomic E-state index is -4.65. The molecule has 1 saturated carbocycles. The van der Waals surface area contributed by atoms with Gasteiger partial charge in [-0.05, 0) is 17.6 Å². The van der Waals surface area contributed by atoms with E-state index >= 15 is 0 Å². The van der Waals surface area contributed by atoms with E-state index < -0.39 is 47.5 Å². The third-order valence-electron chi connectivity index (χ3n) is 4.54. The van der Waals surface area contributed by atoms with Crippen LogP contribution in [0, 0.1) is 40.9 Å². The van der Waals surface area contributed by atoms with Gasteiger partial charge in [0.2, 0.25) is 0 Å². The number of hydrogen-bond donors (Lipinski definition) is 0. The second-order valence-corrected chi connectivity index (χ2v) is 6.58. The summed E-state index contributed by atoms with van der Waals surface area (Å²) in [4.78, 5) is 12.2. The van der Waals surface area contributed by atoms with Crippen molar-refractivity contribution in [1.29, 1.82) is 5.26 Å². The van der Waals surface area contributed by atoms with Gasteiger partial charge in [0.25, 0.3) is 0 Å². The van der Waals surface area contributed by atoms with Gasteiger partial charge >= 0.3 is 12.1 Å². The van der Waals surface area contributed by atoms with Crippen molar-refractivity contribution in [2.75, 3.05) is 0 Å². The van der Waals surface area contributed by atoms with Crippen molar-refractivity contribution in [1.82, 2.24) is 4.57 Å². The molecule has 0 bridgehead atoms. The van der Waals surface area contributed by atoms with Gasteiger partial charge in [-0.15, -0.1) is 6.42 Å². The molecule has 0 radical (unpaired) electrons. The van der Waals surface area contributed by atoms with Crippen molar-refractivity contribution in [2.45, 2.75) is 33.2 Å². The molecule has 0 unspecified atom stereocenters.